The Hall–Kier alpha value is -1.95. The zero-order chi connectivity index (χ0) is 15.2. The van der Waals surface area contributed by atoms with Crippen molar-refractivity contribution in [3.05, 3.63) is 30.5 Å². The fraction of sp³-hybridized carbons (Fsp3) is 0.333. The van der Waals surface area contributed by atoms with Gasteiger partial charge in [0.25, 0.3) is 0 Å². The number of rotatable bonds is 7. The van der Waals surface area contributed by atoms with Gasteiger partial charge in [-0.2, -0.15) is 0 Å². The molecular weight excluding hydrogens is 288 g/mol. The average molecular weight is 306 g/mol. The van der Waals surface area contributed by atoms with Gasteiger partial charge < -0.3 is 15.0 Å². The summed E-state index contributed by atoms with van der Waals surface area (Å²) in [5.74, 6) is -0.272. The summed E-state index contributed by atoms with van der Waals surface area (Å²) in [6.45, 7) is 2.53. The third kappa shape index (κ3) is 4.01. The molecule has 2 N–H and O–H groups in total. The molecule has 0 fully saturated rings. The topological polar surface area (TPSA) is 73.4 Å². The van der Waals surface area contributed by atoms with Gasteiger partial charge in [0.1, 0.15) is 0 Å². The summed E-state index contributed by atoms with van der Waals surface area (Å²) in [5.41, 5.74) is 1.91. The lowest BCUT2D eigenvalue weighted by Gasteiger charge is -2.21. The Morgan fingerprint density at radius 3 is 2.86 bits per heavy atom. The number of anilines is 1. The highest BCUT2D eigenvalue weighted by Crippen LogP contribution is 2.22. The minimum atomic E-state index is -0.849. The molecule has 6 heteroatoms. The van der Waals surface area contributed by atoms with E-state index in [1.54, 1.807) is 4.90 Å². The molecule has 0 aliphatic rings. The predicted octanol–water partition coefficient (Wildman–Crippen LogP) is 2.73. The number of aromatic amines is 1. The third-order valence-corrected chi connectivity index (χ3v) is 4.10. The fourth-order valence-corrected chi connectivity index (χ4v) is 2.80. The van der Waals surface area contributed by atoms with Gasteiger partial charge in [-0.1, -0.05) is 0 Å². The van der Waals surface area contributed by atoms with E-state index in [9.17, 15) is 9.59 Å². The van der Waals surface area contributed by atoms with Gasteiger partial charge in [-0.05, 0) is 31.2 Å². The van der Waals surface area contributed by atoms with Gasteiger partial charge in [0, 0.05) is 41.5 Å². The lowest BCUT2D eigenvalue weighted by atomic mass is 10.2. The average Bonchev–Trinajstić information content (AvgIpc) is 2.92. The number of hydrogen-bond donors (Lipinski definition) is 2. The molecule has 5 nitrogen and oxygen atoms in total. The van der Waals surface area contributed by atoms with Gasteiger partial charge in [0.15, 0.2) is 0 Å². The van der Waals surface area contributed by atoms with Crippen LogP contribution < -0.4 is 4.90 Å². The molecule has 0 atom stereocenters. The van der Waals surface area contributed by atoms with Crippen molar-refractivity contribution in [2.45, 2.75) is 13.3 Å². The van der Waals surface area contributed by atoms with Gasteiger partial charge in [-0.3, -0.25) is 9.59 Å². The first-order valence-electron chi connectivity index (χ1n) is 6.79. The number of benzene rings is 1. The lowest BCUT2D eigenvalue weighted by Crippen LogP contribution is -2.30. The first kappa shape index (κ1) is 15.4. The van der Waals surface area contributed by atoms with Crippen LogP contribution in [0.1, 0.15) is 13.3 Å². The maximum atomic E-state index is 12.3. The van der Waals surface area contributed by atoms with Crippen LogP contribution in [0.3, 0.4) is 0 Å². The molecule has 0 saturated carbocycles. The van der Waals surface area contributed by atoms with Gasteiger partial charge >= 0.3 is 5.97 Å². The van der Waals surface area contributed by atoms with E-state index in [0.717, 1.165) is 16.6 Å². The summed E-state index contributed by atoms with van der Waals surface area (Å²) in [4.78, 5) is 27.5. The number of carbonyl (C=O) groups excluding carboxylic acids is 1. The molecule has 112 valence electrons. The third-order valence-electron chi connectivity index (χ3n) is 3.15. The van der Waals surface area contributed by atoms with Crippen LogP contribution in [0.2, 0.25) is 0 Å². The van der Waals surface area contributed by atoms with Crippen molar-refractivity contribution >= 4 is 40.2 Å². The molecule has 1 amide bonds. The van der Waals surface area contributed by atoms with E-state index in [1.165, 1.54) is 11.8 Å². The fourth-order valence-electron chi connectivity index (χ4n) is 2.17. The van der Waals surface area contributed by atoms with Crippen LogP contribution in [-0.2, 0) is 9.59 Å². The van der Waals surface area contributed by atoms with Crippen molar-refractivity contribution in [2.24, 2.45) is 0 Å². The molecule has 0 unspecified atom stereocenters. The monoisotopic (exact) mass is 306 g/mol. The zero-order valence-electron chi connectivity index (χ0n) is 11.8. The van der Waals surface area contributed by atoms with Crippen molar-refractivity contribution in [1.29, 1.82) is 0 Å². The summed E-state index contributed by atoms with van der Waals surface area (Å²) in [6, 6.07) is 7.84. The van der Waals surface area contributed by atoms with Crippen molar-refractivity contribution in [3.63, 3.8) is 0 Å². The molecule has 0 aliphatic heterocycles. The molecule has 21 heavy (non-hydrogen) atoms. The van der Waals surface area contributed by atoms with Crippen LogP contribution in [0.15, 0.2) is 30.5 Å². The van der Waals surface area contributed by atoms with Gasteiger partial charge in [0.05, 0.1) is 5.75 Å². The van der Waals surface area contributed by atoms with E-state index in [2.05, 4.69) is 4.98 Å². The Balaban J connectivity index is 2.00. The van der Waals surface area contributed by atoms with Crippen molar-refractivity contribution in [1.82, 2.24) is 4.98 Å². The highest BCUT2D eigenvalue weighted by Gasteiger charge is 2.14. The Labute approximate surface area is 127 Å². The largest absolute Gasteiger partial charge is 0.481 e. The number of nitrogens with one attached hydrogen (secondary N) is 1. The SMILES string of the molecule is CCN(C(=O)CCSCC(=O)O)c1ccc2[nH]ccc2c1. The Kier molecular flexibility index (Phi) is 5.27. The Morgan fingerprint density at radius 2 is 2.14 bits per heavy atom. The smallest absolute Gasteiger partial charge is 0.313 e. The maximum absolute atomic E-state index is 12.3. The quantitative estimate of drug-likeness (QED) is 0.771. The number of fused-ring (bicyclic) bond motifs is 1. The molecule has 0 spiro atoms. The number of carboxylic acids is 1. The number of thioether (sulfide) groups is 1. The van der Waals surface area contributed by atoms with Gasteiger partial charge in [-0.25, -0.2) is 0 Å². The second kappa shape index (κ2) is 7.17. The number of nitrogens with zero attached hydrogens (tertiary/aromatic N) is 1. The maximum Gasteiger partial charge on any atom is 0.313 e. The van der Waals surface area contributed by atoms with E-state index in [1.807, 2.05) is 37.4 Å². The second-order valence-electron chi connectivity index (χ2n) is 4.58. The summed E-state index contributed by atoms with van der Waals surface area (Å²) in [7, 11) is 0. The van der Waals surface area contributed by atoms with Gasteiger partial charge in [0.2, 0.25) is 5.91 Å². The summed E-state index contributed by atoms with van der Waals surface area (Å²) < 4.78 is 0. The first-order valence-corrected chi connectivity index (χ1v) is 7.94. The number of carboxylic acid groups (broad SMARTS) is 1. The van der Waals surface area contributed by atoms with Crippen molar-refractivity contribution < 1.29 is 14.7 Å². The van der Waals surface area contributed by atoms with Crippen molar-refractivity contribution in [3.8, 4) is 0 Å². The van der Waals surface area contributed by atoms with E-state index in [0.29, 0.717) is 18.7 Å². The minimum absolute atomic E-state index is 0.0188. The highest BCUT2D eigenvalue weighted by molar-refractivity contribution is 7.99. The second-order valence-corrected chi connectivity index (χ2v) is 5.69. The number of hydrogen-bond acceptors (Lipinski definition) is 3. The number of carbonyl (C=O) groups is 2. The summed E-state index contributed by atoms with van der Waals surface area (Å²) in [6.07, 6.45) is 2.21. The minimum Gasteiger partial charge on any atom is -0.481 e. The number of amides is 1. The van der Waals surface area contributed by atoms with Crippen LogP contribution in [0.4, 0.5) is 5.69 Å². The van der Waals surface area contributed by atoms with E-state index < -0.39 is 5.97 Å². The molecule has 0 bridgehead atoms. The molecule has 1 aromatic carbocycles. The number of aromatic nitrogens is 1. The standard InChI is InChI=1S/C15H18N2O3S/c1-2-17(14(18)6-8-21-10-15(19)20)12-3-4-13-11(9-12)5-7-16-13/h3-5,7,9,16H,2,6,8,10H2,1H3,(H,19,20). The van der Waals surface area contributed by atoms with Crippen LogP contribution in [0.25, 0.3) is 10.9 Å². The number of H-pyrrole nitrogens is 1. The molecule has 2 rings (SSSR count). The molecule has 0 saturated heterocycles. The van der Waals surface area contributed by atoms with Gasteiger partial charge in [-0.15, -0.1) is 11.8 Å². The molecule has 0 aliphatic carbocycles. The lowest BCUT2D eigenvalue weighted by molar-refractivity contribution is -0.134. The molecule has 1 heterocycles. The predicted molar refractivity (Wildman–Crippen MR) is 85.9 cm³/mol. The van der Waals surface area contributed by atoms with E-state index in [4.69, 9.17) is 5.11 Å². The molecule has 0 radical (unpaired) electrons. The molecular formula is C15H18N2O3S. The highest BCUT2D eigenvalue weighted by atomic mass is 32.2. The van der Waals surface area contributed by atoms with Crippen LogP contribution in [0.5, 0.6) is 0 Å². The van der Waals surface area contributed by atoms with E-state index >= 15 is 0 Å². The van der Waals surface area contributed by atoms with Crippen LogP contribution >= 0.6 is 11.8 Å². The summed E-state index contributed by atoms with van der Waals surface area (Å²) in [5, 5.41) is 9.64. The first-order chi connectivity index (χ1) is 10.1. The molecule has 2 aromatic rings. The van der Waals surface area contributed by atoms with Crippen molar-refractivity contribution in [2.75, 3.05) is 23.0 Å². The number of aliphatic carboxylic acids is 1. The summed E-state index contributed by atoms with van der Waals surface area (Å²) >= 11 is 1.26. The zero-order valence-corrected chi connectivity index (χ0v) is 12.7. The van der Waals surface area contributed by atoms with Crippen LogP contribution in [-0.4, -0.2) is 40.0 Å². The normalized spacial score (nSPS) is 10.7. The van der Waals surface area contributed by atoms with Crippen LogP contribution in [0, 0.1) is 0 Å². The Bertz CT molecular complexity index is 639. The Morgan fingerprint density at radius 1 is 1.33 bits per heavy atom. The van der Waals surface area contributed by atoms with E-state index in [-0.39, 0.29) is 11.7 Å². The molecule has 1 aromatic heterocycles.